The zero-order valence-electron chi connectivity index (χ0n) is 9.85. The van der Waals surface area contributed by atoms with Gasteiger partial charge in [0.15, 0.2) is 0 Å². The van der Waals surface area contributed by atoms with E-state index >= 15 is 0 Å². The first-order valence-corrected chi connectivity index (χ1v) is 5.75. The number of nitrogens with zero attached hydrogens (tertiary/aromatic N) is 2. The predicted molar refractivity (Wildman–Crippen MR) is 70.2 cm³/mol. The average molecular weight is 265 g/mol. The molecule has 1 heterocycles. The van der Waals surface area contributed by atoms with E-state index in [1.807, 2.05) is 18.2 Å². The first-order valence-electron chi connectivity index (χ1n) is 5.37. The van der Waals surface area contributed by atoms with Crippen LogP contribution in [-0.2, 0) is 6.54 Å². The van der Waals surface area contributed by atoms with Crippen molar-refractivity contribution in [1.29, 1.82) is 0 Å². The molecule has 0 saturated heterocycles. The van der Waals surface area contributed by atoms with Crippen LogP contribution in [0.25, 0.3) is 0 Å². The number of rotatable bonds is 3. The molecule has 3 N–H and O–H groups in total. The number of carbonyl (C=O) groups excluding carboxylic acids is 1. The smallest absolute Gasteiger partial charge is 0.271 e. The third-order valence-corrected chi connectivity index (χ3v) is 2.91. The summed E-state index contributed by atoms with van der Waals surface area (Å²) in [6.07, 6.45) is 0. The van der Waals surface area contributed by atoms with Crippen LogP contribution in [0.15, 0.2) is 30.3 Å². The van der Waals surface area contributed by atoms with Crippen LogP contribution in [0.3, 0.4) is 0 Å². The molecular weight excluding hydrogens is 252 g/mol. The van der Waals surface area contributed by atoms with Crippen molar-refractivity contribution >= 4 is 23.3 Å². The number of hydrogen-bond donors (Lipinski definition) is 2. The van der Waals surface area contributed by atoms with Crippen LogP contribution in [-0.4, -0.2) is 28.1 Å². The maximum atomic E-state index is 12.0. The number of anilines is 1. The lowest BCUT2D eigenvalue weighted by Crippen LogP contribution is -2.26. The number of carbonyl (C=O) groups is 1. The monoisotopic (exact) mass is 264 g/mol. The van der Waals surface area contributed by atoms with Gasteiger partial charge in [0.2, 0.25) is 0 Å². The van der Waals surface area contributed by atoms with E-state index in [1.54, 1.807) is 18.0 Å². The lowest BCUT2D eigenvalue weighted by Gasteiger charge is -2.16. The van der Waals surface area contributed by atoms with Crippen molar-refractivity contribution in [3.8, 4) is 0 Å². The Balaban J connectivity index is 2.11. The number of aromatic amines is 1. The highest BCUT2D eigenvalue weighted by Crippen LogP contribution is 2.17. The molecule has 5 nitrogen and oxygen atoms in total. The Morgan fingerprint density at radius 1 is 1.50 bits per heavy atom. The van der Waals surface area contributed by atoms with Crippen LogP contribution in [0.2, 0.25) is 5.02 Å². The van der Waals surface area contributed by atoms with Crippen LogP contribution in [0.4, 0.5) is 5.82 Å². The molecule has 1 aromatic heterocycles. The molecule has 0 aliphatic heterocycles. The number of halogens is 1. The minimum Gasteiger partial charge on any atom is -0.382 e. The lowest BCUT2D eigenvalue weighted by molar-refractivity contribution is 0.0779. The van der Waals surface area contributed by atoms with E-state index in [-0.39, 0.29) is 5.91 Å². The van der Waals surface area contributed by atoms with Crippen molar-refractivity contribution in [2.75, 3.05) is 12.8 Å². The molecule has 0 aliphatic carbocycles. The van der Waals surface area contributed by atoms with Gasteiger partial charge < -0.3 is 10.6 Å². The van der Waals surface area contributed by atoms with Gasteiger partial charge in [-0.05, 0) is 11.6 Å². The molecule has 0 radical (unpaired) electrons. The first kappa shape index (κ1) is 12.4. The van der Waals surface area contributed by atoms with Gasteiger partial charge in [0, 0.05) is 24.7 Å². The van der Waals surface area contributed by atoms with Gasteiger partial charge >= 0.3 is 0 Å². The molecule has 0 aliphatic rings. The molecule has 1 amide bonds. The number of hydrogen-bond acceptors (Lipinski definition) is 3. The summed E-state index contributed by atoms with van der Waals surface area (Å²) in [5.41, 5.74) is 6.71. The second kappa shape index (κ2) is 5.10. The van der Waals surface area contributed by atoms with Crippen molar-refractivity contribution in [1.82, 2.24) is 15.1 Å². The molecule has 0 saturated carbocycles. The van der Waals surface area contributed by atoms with Crippen molar-refractivity contribution in [3.05, 3.63) is 46.6 Å². The summed E-state index contributed by atoms with van der Waals surface area (Å²) in [4.78, 5) is 13.6. The van der Waals surface area contributed by atoms with E-state index in [1.165, 1.54) is 6.07 Å². The number of nitrogens with one attached hydrogen (secondary N) is 1. The number of nitrogens with two attached hydrogens (primary N) is 1. The van der Waals surface area contributed by atoms with Gasteiger partial charge in [0.25, 0.3) is 5.91 Å². The molecule has 0 fully saturated rings. The van der Waals surface area contributed by atoms with Crippen molar-refractivity contribution in [3.63, 3.8) is 0 Å². The second-order valence-electron chi connectivity index (χ2n) is 3.96. The minimum absolute atomic E-state index is 0.181. The molecule has 0 spiro atoms. The zero-order chi connectivity index (χ0) is 13.1. The predicted octanol–water partition coefficient (Wildman–Crippen LogP) is 1.92. The highest BCUT2D eigenvalue weighted by atomic mass is 35.5. The Labute approximate surface area is 110 Å². The van der Waals surface area contributed by atoms with Crippen molar-refractivity contribution in [2.45, 2.75) is 6.54 Å². The summed E-state index contributed by atoms with van der Waals surface area (Å²) in [6.45, 7) is 0.428. The molecule has 0 atom stereocenters. The maximum absolute atomic E-state index is 12.0. The zero-order valence-corrected chi connectivity index (χ0v) is 10.6. The number of benzene rings is 1. The number of nitrogen functional groups attached to an aromatic ring is 1. The normalized spacial score (nSPS) is 10.3. The van der Waals surface area contributed by atoms with Crippen LogP contribution in [0.5, 0.6) is 0 Å². The highest BCUT2D eigenvalue weighted by Gasteiger charge is 2.15. The summed E-state index contributed by atoms with van der Waals surface area (Å²) in [6, 6.07) is 8.92. The van der Waals surface area contributed by atoms with Crippen molar-refractivity contribution < 1.29 is 4.79 Å². The Morgan fingerprint density at radius 2 is 2.22 bits per heavy atom. The number of aromatic nitrogens is 2. The quantitative estimate of drug-likeness (QED) is 0.889. The maximum Gasteiger partial charge on any atom is 0.271 e. The van der Waals surface area contributed by atoms with E-state index in [4.69, 9.17) is 17.3 Å². The van der Waals surface area contributed by atoms with Gasteiger partial charge in [-0.25, -0.2) is 0 Å². The fraction of sp³-hybridized carbons (Fsp3) is 0.167. The van der Waals surface area contributed by atoms with Gasteiger partial charge in [0.05, 0.1) is 0 Å². The van der Waals surface area contributed by atoms with Gasteiger partial charge in [-0.3, -0.25) is 9.89 Å². The Hall–Kier alpha value is -2.01. The number of amides is 1. The molecular formula is C12H13ClN4O. The number of H-pyrrole nitrogens is 1. The first-order chi connectivity index (χ1) is 8.58. The Bertz CT molecular complexity index is 567. The molecule has 1 aromatic carbocycles. The van der Waals surface area contributed by atoms with E-state index in [0.717, 1.165) is 5.56 Å². The summed E-state index contributed by atoms with van der Waals surface area (Å²) < 4.78 is 0. The van der Waals surface area contributed by atoms with Crippen LogP contribution < -0.4 is 5.73 Å². The van der Waals surface area contributed by atoms with E-state index < -0.39 is 0 Å². The average Bonchev–Trinajstić information content (AvgIpc) is 2.78. The SMILES string of the molecule is CN(Cc1ccccc1Cl)C(=O)c1cc(N)n[nH]1. The third-order valence-electron chi connectivity index (χ3n) is 2.54. The summed E-state index contributed by atoms with van der Waals surface area (Å²) in [5, 5.41) is 6.95. The Morgan fingerprint density at radius 3 is 2.83 bits per heavy atom. The second-order valence-corrected chi connectivity index (χ2v) is 4.37. The topological polar surface area (TPSA) is 75.0 Å². The van der Waals surface area contributed by atoms with Crippen LogP contribution in [0.1, 0.15) is 16.1 Å². The van der Waals surface area contributed by atoms with E-state index in [2.05, 4.69) is 10.2 Å². The highest BCUT2D eigenvalue weighted by molar-refractivity contribution is 6.31. The molecule has 2 rings (SSSR count). The third kappa shape index (κ3) is 2.62. The molecule has 2 aromatic rings. The van der Waals surface area contributed by atoms with E-state index in [9.17, 15) is 4.79 Å². The van der Waals surface area contributed by atoms with Crippen LogP contribution in [0, 0.1) is 0 Å². The van der Waals surface area contributed by atoms with Gasteiger partial charge in [-0.15, -0.1) is 0 Å². The van der Waals surface area contributed by atoms with Crippen LogP contribution >= 0.6 is 11.6 Å². The fourth-order valence-electron chi connectivity index (χ4n) is 1.61. The molecule has 18 heavy (non-hydrogen) atoms. The summed E-state index contributed by atoms with van der Waals surface area (Å²) in [7, 11) is 1.70. The molecule has 94 valence electrons. The summed E-state index contributed by atoms with van der Waals surface area (Å²) >= 11 is 6.05. The lowest BCUT2D eigenvalue weighted by atomic mass is 10.2. The standard InChI is InChI=1S/C12H13ClN4O/c1-17(7-8-4-2-3-5-9(8)13)12(18)10-6-11(14)16-15-10/h2-6H,7H2,1H3,(H3,14,15,16). The largest absolute Gasteiger partial charge is 0.382 e. The minimum atomic E-state index is -0.181. The van der Waals surface area contributed by atoms with Gasteiger partial charge in [-0.2, -0.15) is 5.10 Å². The van der Waals surface area contributed by atoms with E-state index in [0.29, 0.717) is 23.1 Å². The van der Waals surface area contributed by atoms with Gasteiger partial charge in [-0.1, -0.05) is 29.8 Å². The van der Waals surface area contributed by atoms with Gasteiger partial charge in [0.1, 0.15) is 11.5 Å². The molecule has 0 bridgehead atoms. The summed E-state index contributed by atoms with van der Waals surface area (Å²) in [5.74, 6) is 0.114. The molecule has 6 heteroatoms. The Kier molecular flexibility index (Phi) is 3.53. The fourth-order valence-corrected chi connectivity index (χ4v) is 1.80. The van der Waals surface area contributed by atoms with Crippen molar-refractivity contribution in [2.24, 2.45) is 0 Å². The molecule has 0 unspecified atom stereocenters.